The monoisotopic (exact) mass is 222 g/mol. The van der Waals surface area contributed by atoms with E-state index in [9.17, 15) is 0 Å². The molecule has 2 aromatic rings. The Morgan fingerprint density at radius 3 is 2.93 bits per heavy atom. The number of rotatable bonds is 3. The Bertz CT molecular complexity index is 458. The highest BCUT2D eigenvalue weighted by molar-refractivity contribution is 7.14. The van der Waals surface area contributed by atoms with Crippen molar-refractivity contribution in [1.29, 1.82) is 0 Å². The van der Waals surface area contributed by atoms with Crippen molar-refractivity contribution in [3.05, 3.63) is 16.8 Å². The minimum Gasteiger partial charge on any atom is -0.397 e. The second-order valence-electron chi connectivity index (χ2n) is 3.52. The number of aryl methyl sites for hydroxylation is 2. The van der Waals surface area contributed by atoms with Gasteiger partial charge in [-0.05, 0) is 24.3 Å². The van der Waals surface area contributed by atoms with Gasteiger partial charge in [0.15, 0.2) is 5.82 Å². The summed E-state index contributed by atoms with van der Waals surface area (Å²) in [6, 6.07) is 0. The summed E-state index contributed by atoms with van der Waals surface area (Å²) in [6.45, 7) is 4.11. The van der Waals surface area contributed by atoms with Crippen LogP contribution in [0.15, 0.2) is 5.38 Å². The fourth-order valence-electron chi connectivity index (χ4n) is 1.37. The highest BCUT2D eigenvalue weighted by Crippen LogP contribution is 2.32. The van der Waals surface area contributed by atoms with Crippen LogP contribution in [0, 0.1) is 6.92 Å². The molecule has 4 nitrogen and oxygen atoms in total. The zero-order valence-electron chi connectivity index (χ0n) is 8.87. The zero-order chi connectivity index (χ0) is 10.8. The Morgan fingerprint density at radius 2 is 2.33 bits per heavy atom. The SMILES string of the molecule is CCCc1nc(-c2scc(C)c2N)n[nH]1. The summed E-state index contributed by atoms with van der Waals surface area (Å²) >= 11 is 1.59. The zero-order valence-corrected chi connectivity index (χ0v) is 9.69. The molecule has 0 aliphatic heterocycles. The molecular formula is C10H14N4S. The summed E-state index contributed by atoms with van der Waals surface area (Å²) in [6.07, 6.45) is 1.99. The van der Waals surface area contributed by atoms with E-state index in [1.807, 2.05) is 12.3 Å². The van der Waals surface area contributed by atoms with E-state index < -0.39 is 0 Å². The molecule has 0 saturated heterocycles. The standard InChI is InChI=1S/C10H14N4S/c1-3-4-7-12-10(14-13-7)9-8(11)6(2)5-15-9/h5H,3-4,11H2,1-2H3,(H,12,13,14). The predicted octanol–water partition coefficient (Wildman–Crippen LogP) is 2.38. The van der Waals surface area contributed by atoms with Gasteiger partial charge < -0.3 is 5.73 Å². The quantitative estimate of drug-likeness (QED) is 0.837. The first-order valence-electron chi connectivity index (χ1n) is 4.97. The Morgan fingerprint density at radius 1 is 1.53 bits per heavy atom. The molecule has 0 amide bonds. The first-order valence-corrected chi connectivity index (χ1v) is 5.85. The van der Waals surface area contributed by atoms with Crippen LogP contribution < -0.4 is 5.73 Å². The number of nitrogens with one attached hydrogen (secondary N) is 1. The van der Waals surface area contributed by atoms with E-state index in [0.29, 0.717) is 5.82 Å². The average molecular weight is 222 g/mol. The van der Waals surface area contributed by atoms with Crippen LogP contribution in [0.4, 0.5) is 5.69 Å². The molecule has 0 saturated carbocycles. The smallest absolute Gasteiger partial charge is 0.193 e. The van der Waals surface area contributed by atoms with Gasteiger partial charge in [-0.3, -0.25) is 5.10 Å². The van der Waals surface area contributed by atoms with E-state index in [4.69, 9.17) is 5.73 Å². The average Bonchev–Trinajstić information content (AvgIpc) is 2.77. The van der Waals surface area contributed by atoms with Gasteiger partial charge in [0.2, 0.25) is 0 Å². The van der Waals surface area contributed by atoms with Gasteiger partial charge in [-0.25, -0.2) is 4.98 Å². The number of nitrogens with two attached hydrogens (primary N) is 1. The molecule has 0 spiro atoms. The van der Waals surface area contributed by atoms with Crippen LogP contribution in [0.3, 0.4) is 0 Å². The molecule has 5 heteroatoms. The molecule has 0 fully saturated rings. The summed E-state index contributed by atoms with van der Waals surface area (Å²) in [5.41, 5.74) is 7.82. The second-order valence-corrected chi connectivity index (χ2v) is 4.40. The lowest BCUT2D eigenvalue weighted by atomic mass is 10.3. The molecule has 0 aliphatic rings. The van der Waals surface area contributed by atoms with Crippen LogP contribution in [-0.2, 0) is 6.42 Å². The van der Waals surface area contributed by atoms with Crippen molar-refractivity contribution in [3.8, 4) is 10.7 Å². The molecule has 0 radical (unpaired) electrons. The fourth-order valence-corrected chi connectivity index (χ4v) is 2.28. The van der Waals surface area contributed by atoms with Crippen molar-refractivity contribution in [2.24, 2.45) is 0 Å². The summed E-state index contributed by atoms with van der Waals surface area (Å²) < 4.78 is 0. The number of H-pyrrole nitrogens is 1. The van der Waals surface area contributed by atoms with Crippen molar-refractivity contribution < 1.29 is 0 Å². The van der Waals surface area contributed by atoms with Crippen LogP contribution >= 0.6 is 11.3 Å². The second kappa shape index (κ2) is 4.02. The highest BCUT2D eigenvalue weighted by atomic mass is 32.1. The van der Waals surface area contributed by atoms with Gasteiger partial charge in [-0.2, -0.15) is 5.10 Å². The third-order valence-electron chi connectivity index (χ3n) is 2.24. The molecule has 0 unspecified atom stereocenters. The third-order valence-corrected chi connectivity index (χ3v) is 3.35. The maximum Gasteiger partial charge on any atom is 0.193 e. The molecule has 15 heavy (non-hydrogen) atoms. The van der Waals surface area contributed by atoms with E-state index in [1.54, 1.807) is 11.3 Å². The number of aromatic nitrogens is 3. The lowest BCUT2D eigenvalue weighted by Gasteiger charge is -1.93. The Kier molecular flexibility index (Phi) is 2.73. The summed E-state index contributed by atoms with van der Waals surface area (Å²) in [7, 11) is 0. The molecule has 0 bridgehead atoms. The maximum absolute atomic E-state index is 5.93. The molecule has 3 N–H and O–H groups in total. The number of hydrogen-bond donors (Lipinski definition) is 2. The van der Waals surface area contributed by atoms with Crippen molar-refractivity contribution in [2.75, 3.05) is 5.73 Å². The number of anilines is 1. The number of aromatic amines is 1. The predicted molar refractivity (Wildman–Crippen MR) is 62.8 cm³/mol. The van der Waals surface area contributed by atoms with Crippen LogP contribution in [0.1, 0.15) is 24.7 Å². The molecular weight excluding hydrogens is 208 g/mol. The Labute approximate surface area is 92.5 Å². The fraction of sp³-hybridized carbons (Fsp3) is 0.400. The number of nitrogens with zero attached hydrogens (tertiary/aromatic N) is 2. The summed E-state index contributed by atoms with van der Waals surface area (Å²) in [5, 5.41) is 9.13. The van der Waals surface area contributed by atoms with E-state index in [0.717, 1.165) is 34.8 Å². The van der Waals surface area contributed by atoms with E-state index in [2.05, 4.69) is 22.1 Å². The van der Waals surface area contributed by atoms with Crippen LogP contribution in [0.25, 0.3) is 10.7 Å². The van der Waals surface area contributed by atoms with Crippen molar-refractivity contribution in [3.63, 3.8) is 0 Å². The third kappa shape index (κ3) is 1.87. The largest absolute Gasteiger partial charge is 0.397 e. The first kappa shape index (κ1) is 10.2. The topological polar surface area (TPSA) is 67.6 Å². The van der Waals surface area contributed by atoms with Gasteiger partial charge in [0.25, 0.3) is 0 Å². The van der Waals surface area contributed by atoms with Crippen LogP contribution in [0.2, 0.25) is 0 Å². The summed E-state index contributed by atoms with van der Waals surface area (Å²) in [5.74, 6) is 1.65. The number of hydrogen-bond acceptors (Lipinski definition) is 4. The lowest BCUT2D eigenvalue weighted by molar-refractivity contribution is 0.841. The van der Waals surface area contributed by atoms with Gasteiger partial charge in [0.05, 0.1) is 10.6 Å². The van der Waals surface area contributed by atoms with E-state index in [-0.39, 0.29) is 0 Å². The molecule has 0 atom stereocenters. The minimum atomic E-state index is 0.717. The van der Waals surface area contributed by atoms with Crippen molar-refractivity contribution in [1.82, 2.24) is 15.2 Å². The van der Waals surface area contributed by atoms with Gasteiger partial charge in [0.1, 0.15) is 5.82 Å². The summed E-state index contributed by atoms with van der Waals surface area (Å²) in [4.78, 5) is 5.37. The van der Waals surface area contributed by atoms with Gasteiger partial charge in [-0.1, -0.05) is 6.92 Å². The maximum atomic E-state index is 5.93. The molecule has 0 aliphatic carbocycles. The normalized spacial score (nSPS) is 10.8. The highest BCUT2D eigenvalue weighted by Gasteiger charge is 2.12. The van der Waals surface area contributed by atoms with Gasteiger partial charge in [0, 0.05) is 6.42 Å². The molecule has 2 heterocycles. The molecule has 80 valence electrons. The van der Waals surface area contributed by atoms with E-state index >= 15 is 0 Å². The van der Waals surface area contributed by atoms with Gasteiger partial charge in [-0.15, -0.1) is 11.3 Å². The Hall–Kier alpha value is -1.36. The van der Waals surface area contributed by atoms with Crippen LogP contribution in [0.5, 0.6) is 0 Å². The van der Waals surface area contributed by atoms with Crippen molar-refractivity contribution in [2.45, 2.75) is 26.7 Å². The first-order chi connectivity index (χ1) is 7.22. The van der Waals surface area contributed by atoms with Gasteiger partial charge >= 0.3 is 0 Å². The Balaban J connectivity index is 2.33. The minimum absolute atomic E-state index is 0.717. The van der Waals surface area contributed by atoms with Crippen LogP contribution in [-0.4, -0.2) is 15.2 Å². The van der Waals surface area contributed by atoms with Crippen molar-refractivity contribution >= 4 is 17.0 Å². The van der Waals surface area contributed by atoms with E-state index in [1.165, 1.54) is 0 Å². The number of thiophene rings is 1. The molecule has 2 aromatic heterocycles. The molecule has 0 aromatic carbocycles. The number of nitrogen functional groups attached to an aromatic ring is 1. The molecule has 2 rings (SSSR count). The lowest BCUT2D eigenvalue weighted by Crippen LogP contribution is -1.88.